The van der Waals surface area contributed by atoms with Crippen molar-refractivity contribution in [2.24, 2.45) is 0 Å². The van der Waals surface area contributed by atoms with E-state index in [1.54, 1.807) is 0 Å². The second-order valence-electron chi connectivity index (χ2n) is 7.03. The average Bonchev–Trinajstić information content (AvgIpc) is 3.00. The third-order valence-corrected chi connectivity index (χ3v) is 5.60. The molecule has 1 saturated carbocycles. The van der Waals surface area contributed by atoms with E-state index in [2.05, 4.69) is 12.1 Å². The van der Waals surface area contributed by atoms with E-state index < -0.39 is 5.79 Å². The summed E-state index contributed by atoms with van der Waals surface area (Å²) in [6, 6.07) is 6.31. The van der Waals surface area contributed by atoms with Gasteiger partial charge in [0, 0.05) is 17.4 Å². The first-order valence-corrected chi connectivity index (χ1v) is 9.17. The Labute approximate surface area is 143 Å². The van der Waals surface area contributed by atoms with E-state index in [1.165, 1.54) is 37.7 Å². The van der Waals surface area contributed by atoms with Crippen LogP contribution < -0.4 is 0 Å². The monoisotopic (exact) mass is 338 g/mol. The smallest absolute Gasteiger partial charge is 0.166 e. The van der Waals surface area contributed by atoms with E-state index >= 15 is 0 Å². The van der Waals surface area contributed by atoms with Crippen molar-refractivity contribution in [2.75, 3.05) is 19.8 Å². The van der Waals surface area contributed by atoms with E-state index in [4.69, 9.17) is 21.1 Å². The highest BCUT2D eigenvalue weighted by Crippen LogP contribution is 2.38. The lowest BCUT2D eigenvalue weighted by Gasteiger charge is -2.28. The molecular weight excluding hydrogens is 312 g/mol. The Morgan fingerprint density at radius 3 is 2.52 bits per heavy atom. The first-order valence-electron chi connectivity index (χ1n) is 8.79. The molecule has 128 valence electrons. The molecular formula is C19H27ClO3. The number of hydrogen-bond donors (Lipinski definition) is 1. The fourth-order valence-corrected chi connectivity index (χ4v) is 4.30. The molecule has 2 aliphatic rings. The van der Waals surface area contributed by atoms with Gasteiger partial charge < -0.3 is 14.6 Å². The average molecular weight is 339 g/mol. The second-order valence-corrected chi connectivity index (χ2v) is 7.44. The summed E-state index contributed by atoms with van der Waals surface area (Å²) in [5, 5.41) is 10.6. The summed E-state index contributed by atoms with van der Waals surface area (Å²) in [6.45, 7) is 3.26. The third kappa shape index (κ3) is 4.08. The maximum Gasteiger partial charge on any atom is 0.166 e. The van der Waals surface area contributed by atoms with Crippen LogP contribution in [0.1, 0.15) is 68.4 Å². The van der Waals surface area contributed by atoms with E-state index in [9.17, 15) is 5.11 Å². The lowest BCUT2D eigenvalue weighted by Crippen LogP contribution is -2.29. The van der Waals surface area contributed by atoms with Crippen molar-refractivity contribution in [2.45, 2.75) is 63.1 Å². The first-order chi connectivity index (χ1) is 11.1. The highest BCUT2D eigenvalue weighted by atomic mass is 35.5. The molecule has 1 aromatic rings. The molecule has 1 heterocycles. The van der Waals surface area contributed by atoms with Gasteiger partial charge in [-0.25, -0.2) is 0 Å². The molecule has 3 nitrogen and oxygen atoms in total. The minimum atomic E-state index is -0.595. The van der Waals surface area contributed by atoms with Gasteiger partial charge in [-0.15, -0.1) is 0 Å². The Balaban J connectivity index is 1.74. The van der Waals surface area contributed by atoms with Gasteiger partial charge in [-0.3, -0.25) is 0 Å². The molecule has 0 radical (unpaired) electrons. The Morgan fingerprint density at radius 2 is 1.91 bits per heavy atom. The van der Waals surface area contributed by atoms with E-state index in [0.29, 0.717) is 25.6 Å². The van der Waals surface area contributed by atoms with Gasteiger partial charge in [-0.1, -0.05) is 43.0 Å². The highest BCUT2D eigenvalue weighted by molar-refractivity contribution is 6.31. The predicted octanol–water partition coefficient (Wildman–Crippen LogP) is 4.62. The molecule has 1 atom stereocenters. The Hall–Kier alpha value is -0.610. The summed E-state index contributed by atoms with van der Waals surface area (Å²) < 4.78 is 11.4. The third-order valence-electron chi connectivity index (χ3n) is 5.28. The van der Waals surface area contributed by atoms with Crippen LogP contribution in [0.3, 0.4) is 0 Å². The van der Waals surface area contributed by atoms with Crippen LogP contribution in [0.5, 0.6) is 0 Å². The normalized spacial score (nSPS) is 23.1. The zero-order valence-corrected chi connectivity index (χ0v) is 14.6. The van der Waals surface area contributed by atoms with Crippen LogP contribution in [0.15, 0.2) is 18.2 Å². The zero-order valence-electron chi connectivity index (χ0n) is 13.9. The fraction of sp³-hybridized carbons (Fsp3) is 0.684. The standard InChI is InChI=1S/C19H27ClO3/c1-19(22-9-10-23-19)12-16(13-21)15-7-8-17(18(20)11-15)14-5-3-2-4-6-14/h7-8,11,14,16,21H,2-6,9-10,12-13H2,1H3. The lowest BCUT2D eigenvalue weighted by molar-refractivity contribution is -0.151. The molecule has 0 spiro atoms. The molecule has 0 aromatic heterocycles. The summed E-state index contributed by atoms with van der Waals surface area (Å²) in [4.78, 5) is 0. The molecule has 1 aliphatic carbocycles. The molecule has 1 unspecified atom stereocenters. The van der Waals surface area contributed by atoms with Gasteiger partial charge in [0.1, 0.15) is 0 Å². The second kappa shape index (κ2) is 7.52. The molecule has 1 N–H and O–H groups in total. The van der Waals surface area contributed by atoms with Crippen LogP contribution in [0, 0.1) is 0 Å². The van der Waals surface area contributed by atoms with Crippen molar-refractivity contribution in [3.63, 3.8) is 0 Å². The molecule has 1 aliphatic heterocycles. The van der Waals surface area contributed by atoms with Gasteiger partial charge >= 0.3 is 0 Å². The number of halogens is 1. The maximum atomic E-state index is 9.81. The SMILES string of the molecule is CC1(CC(CO)c2ccc(C3CCCCC3)c(Cl)c2)OCCO1. The minimum Gasteiger partial charge on any atom is -0.396 e. The van der Waals surface area contributed by atoms with Gasteiger partial charge in [0.25, 0.3) is 0 Å². The Bertz CT molecular complexity index is 519. The van der Waals surface area contributed by atoms with Gasteiger partial charge in [0.05, 0.1) is 19.8 Å². The van der Waals surface area contributed by atoms with Crippen molar-refractivity contribution < 1.29 is 14.6 Å². The minimum absolute atomic E-state index is 0.0176. The van der Waals surface area contributed by atoms with Crippen molar-refractivity contribution >= 4 is 11.6 Å². The molecule has 0 bridgehead atoms. The van der Waals surface area contributed by atoms with Crippen LogP contribution in [0.2, 0.25) is 5.02 Å². The molecule has 1 saturated heterocycles. The first kappa shape index (κ1) is 17.2. The van der Waals surface area contributed by atoms with Gasteiger partial charge in [-0.2, -0.15) is 0 Å². The van der Waals surface area contributed by atoms with Crippen LogP contribution >= 0.6 is 11.6 Å². The molecule has 1 aromatic carbocycles. The van der Waals surface area contributed by atoms with E-state index in [0.717, 1.165) is 10.6 Å². The summed E-state index contributed by atoms with van der Waals surface area (Å²) in [6.07, 6.45) is 7.06. The highest BCUT2D eigenvalue weighted by Gasteiger charge is 2.34. The lowest BCUT2D eigenvalue weighted by atomic mass is 9.83. The summed E-state index contributed by atoms with van der Waals surface area (Å²) in [7, 11) is 0. The maximum absolute atomic E-state index is 9.81. The van der Waals surface area contributed by atoms with Crippen LogP contribution in [-0.2, 0) is 9.47 Å². The molecule has 2 fully saturated rings. The van der Waals surface area contributed by atoms with E-state index in [1.807, 2.05) is 13.0 Å². The zero-order chi connectivity index (χ0) is 16.3. The number of aliphatic hydroxyl groups excluding tert-OH is 1. The van der Waals surface area contributed by atoms with Crippen LogP contribution in [-0.4, -0.2) is 30.7 Å². The van der Waals surface area contributed by atoms with Crippen molar-refractivity contribution in [1.29, 1.82) is 0 Å². The topological polar surface area (TPSA) is 38.7 Å². The van der Waals surface area contributed by atoms with Crippen molar-refractivity contribution in [3.05, 3.63) is 34.3 Å². The molecule has 23 heavy (non-hydrogen) atoms. The Morgan fingerprint density at radius 1 is 1.22 bits per heavy atom. The largest absolute Gasteiger partial charge is 0.396 e. The predicted molar refractivity (Wildman–Crippen MR) is 92.0 cm³/mol. The van der Waals surface area contributed by atoms with Crippen molar-refractivity contribution in [3.8, 4) is 0 Å². The van der Waals surface area contributed by atoms with Gasteiger partial charge in [0.2, 0.25) is 0 Å². The Kier molecular flexibility index (Phi) is 5.63. The summed E-state index contributed by atoms with van der Waals surface area (Å²) >= 11 is 6.57. The van der Waals surface area contributed by atoms with Gasteiger partial charge in [-0.05, 0) is 42.9 Å². The van der Waals surface area contributed by atoms with Crippen molar-refractivity contribution in [1.82, 2.24) is 0 Å². The summed E-state index contributed by atoms with van der Waals surface area (Å²) in [5.41, 5.74) is 2.34. The number of hydrogen-bond acceptors (Lipinski definition) is 3. The number of ether oxygens (including phenoxy) is 2. The van der Waals surface area contributed by atoms with Crippen LogP contribution in [0.25, 0.3) is 0 Å². The molecule has 0 amide bonds. The van der Waals surface area contributed by atoms with Gasteiger partial charge in [0.15, 0.2) is 5.79 Å². The quantitative estimate of drug-likeness (QED) is 0.851. The molecule has 4 heteroatoms. The van der Waals surface area contributed by atoms with Crippen LogP contribution in [0.4, 0.5) is 0 Å². The molecule has 3 rings (SSSR count). The van der Waals surface area contributed by atoms with E-state index in [-0.39, 0.29) is 12.5 Å². The number of aliphatic hydroxyl groups is 1. The number of rotatable bonds is 5. The number of benzene rings is 1. The fourth-order valence-electron chi connectivity index (χ4n) is 3.95. The summed E-state index contributed by atoms with van der Waals surface area (Å²) in [5.74, 6) is -0.0186.